The molecule has 1 unspecified atom stereocenters. The first-order chi connectivity index (χ1) is 9.75. The van der Waals surface area contributed by atoms with Crippen LogP contribution >= 0.6 is 0 Å². The van der Waals surface area contributed by atoms with Crippen molar-refractivity contribution in [2.24, 2.45) is 0 Å². The first kappa shape index (κ1) is 13.2. The van der Waals surface area contributed by atoms with Crippen LogP contribution in [-0.2, 0) is 0 Å². The van der Waals surface area contributed by atoms with Gasteiger partial charge in [-0.1, -0.05) is 18.2 Å². The van der Waals surface area contributed by atoms with E-state index in [0.29, 0.717) is 11.7 Å². The minimum Gasteiger partial charge on any atom is -0.351 e. The van der Waals surface area contributed by atoms with Gasteiger partial charge < -0.3 is 15.2 Å². The summed E-state index contributed by atoms with van der Waals surface area (Å²) in [6.07, 6.45) is 3.24. The SMILES string of the molecule is CN(C(=O)c1cc2ccccc2[nH]1)C1CCCNCC1. The van der Waals surface area contributed by atoms with Gasteiger partial charge in [0.2, 0.25) is 0 Å². The minimum atomic E-state index is 0.0908. The number of benzene rings is 1. The van der Waals surface area contributed by atoms with E-state index < -0.39 is 0 Å². The van der Waals surface area contributed by atoms with Crippen LogP contribution in [0.4, 0.5) is 0 Å². The Labute approximate surface area is 119 Å². The average molecular weight is 271 g/mol. The van der Waals surface area contributed by atoms with Gasteiger partial charge in [-0.15, -0.1) is 0 Å². The lowest BCUT2D eigenvalue weighted by atomic mass is 10.1. The predicted molar refractivity (Wildman–Crippen MR) is 80.9 cm³/mol. The van der Waals surface area contributed by atoms with Crippen molar-refractivity contribution in [2.45, 2.75) is 25.3 Å². The fourth-order valence-electron chi connectivity index (χ4n) is 2.93. The van der Waals surface area contributed by atoms with Gasteiger partial charge in [0.15, 0.2) is 0 Å². The number of H-pyrrole nitrogens is 1. The molecule has 106 valence electrons. The molecule has 0 aliphatic carbocycles. The van der Waals surface area contributed by atoms with Crippen molar-refractivity contribution in [3.05, 3.63) is 36.0 Å². The number of carbonyl (C=O) groups excluding carboxylic acids is 1. The number of hydrogen-bond acceptors (Lipinski definition) is 2. The van der Waals surface area contributed by atoms with Crippen molar-refractivity contribution in [1.29, 1.82) is 0 Å². The van der Waals surface area contributed by atoms with E-state index in [1.807, 2.05) is 42.3 Å². The second-order valence-corrected chi connectivity index (χ2v) is 5.52. The largest absolute Gasteiger partial charge is 0.351 e. The van der Waals surface area contributed by atoms with Crippen LogP contribution < -0.4 is 5.32 Å². The maximum atomic E-state index is 12.6. The lowest BCUT2D eigenvalue weighted by Crippen LogP contribution is -2.37. The quantitative estimate of drug-likeness (QED) is 0.881. The zero-order chi connectivity index (χ0) is 13.9. The molecule has 1 atom stereocenters. The molecule has 1 amide bonds. The Hall–Kier alpha value is -1.81. The van der Waals surface area contributed by atoms with Gasteiger partial charge in [0, 0.05) is 24.0 Å². The van der Waals surface area contributed by atoms with Gasteiger partial charge in [0.25, 0.3) is 5.91 Å². The van der Waals surface area contributed by atoms with Crippen LogP contribution in [0.25, 0.3) is 10.9 Å². The van der Waals surface area contributed by atoms with E-state index in [4.69, 9.17) is 0 Å². The minimum absolute atomic E-state index is 0.0908. The topological polar surface area (TPSA) is 48.1 Å². The number of hydrogen-bond donors (Lipinski definition) is 2. The molecule has 2 aromatic rings. The summed E-state index contributed by atoms with van der Waals surface area (Å²) >= 11 is 0. The van der Waals surface area contributed by atoms with Crippen LogP contribution in [-0.4, -0.2) is 42.0 Å². The van der Waals surface area contributed by atoms with Gasteiger partial charge in [-0.2, -0.15) is 0 Å². The summed E-state index contributed by atoms with van der Waals surface area (Å²) in [7, 11) is 1.92. The smallest absolute Gasteiger partial charge is 0.270 e. The molecule has 0 radical (unpaired) electrons. The molecule has 1 fully saturated rings. The van der Waals surface area contributed by atoms with Gasteiger partial charge in [0.05, 0.1) is 0 Å². The van der Waals surface area contributed by atoms with Crippen LogP contribution in [0.5, 0.6) is 0 Å². The molecule has 1 aromatic carbocycles. The Morgan fingerprint density at radius 3 is 2.95 bits per heavy atom. The Morgan fingerprint density at radius 2 is 2.10 bits per heavy atom. The Kier molecular flexibility index (Phi) is 3.74. The highest BCUT2D eigenvalue weighted by Crippen LogP contribution is 2.18. The number of carbonyl (C=O) groups is 1. The van der Waals surface area contributed by atoms with Gasteiger partial charge in [-0.05, 0) is 44.5 Å². The summed E-state index contributed by atoms with van der Waals surface area (Å²) in [5.74, 6) is 0.0908. The first-order valence-corrected chi connectivity index (χ1v) is 7.31. The van der Waals surface area contributed by atoms with Crippen LogP contribution in [0.1, 0.15) is 29.8 Å². The molecule has 4 nitrogen and oxygen atoms in total. The molecule has 0 spiro atoms. The van der Waals surface area contributed by atoms with E-state index in [2.05, 4.69) is 10.3 Å². The zero-order valence-electron chi connectivity index (χ0n) is 11.9. The number of nitrogens with zero attached hydrogens (tertiary/aromatic N) is 1. The second kappa shape index (κ2) is 5.67. The highest BCUT2D eigenvalue weighted by molar-refractivity contribution is 5.98. The number of amides is 1. The second-order valence-electron chi connectivity index (χ2n) is 5.52. The molecule has 2 N–H and O–H groups in total. The predicted octanol–water partition coefficient (Wildman–Crippen LogP) is 2.38. The molecule has 4 heteroatoms. The standard InChI is InChI=1S/C16H21N3O/c1-19(13-6-4-9-17-10-8-13)16(20)15-11-12-5-2-3-7-14(12)18-15/h2-3,5,7,11,13,17-18H,4,6,8-10H2,1H3. The Bertz CT molecular complexity index is 564. The summed E-state index contributed by atoms with van der Waals surface area (Å²) in [6.45, 7) is 2.06. The molecule has 0 saturated carbocycles. The van der Waals surface area contributed by atoms with E-state index in [0.717, 1.165) is 43.3 Å². The van der Waals surface area contributed by atoms with Gasteiger partial charge in [-0.25, -0.2) is 0 Å². The molecule has 0 bridgehead atoms. The summed E-state index contributed by atoms with van der Waals surface area (Å²) in [5, 5.41) is 4.48. The third-order valence-electron chi connectivity index (χ3n) is 4.17. The van der Waals surface area contributed by atoms with E-state index >= 15 is 0 Å². The van der Waals surface area contributed by atoms with Crippen molar-refractivity contribution in [2.75, 3.05) is 20.1 Å². The highest BCUT2D eigenvalue weighted by Gasteiger charge is 2.23. The fraction of sp³-hybridized carbons (Fsp3) is 0.438. The van der Waals surface area contributed by atoms with Crippen LogP contribution in [0.15, 0.2) is 30.3 Å². The van der Waals surface area contributed by atoms with E-state index in [1.54, 1.807) is 0 Å². The number of rotatable bonds is 2. The number of aromatic amines is 1. The zero-order valence-corrected chi connectivity index (χ0v) is 11.9. The van der Waals surface area contributed by atoms with Crippen LogP contribution in [0, 0.1) is 0 Å². The maximum absolute atomic E-state index is 12.6. The maximum Gasteiger partial charge on any atom is 0.270 e. The molecule has 1 saturated heterocycles. The number of aromatic nitrogens is 1. The molecule has 20 heavy (non-hydrogen) atoms. The van der Waals surface area contributed by atoms with Crippen molar-refractivity contribution < 1.29 is 4.79 Å². The average Bonchev–Trinajstić information content (AvgIpc) is 2.72. The summed E-state index contributed by atoms with van der Waals surface area (Å²) < 4.78 is 0. The molecule has 2 heterocycles. The van der Waals surface area contributed by atoms with Crippen molar-refractivity contribution in [3.63, 3.8) is 0 Å². The fourth-order valence-corrected chi connectivity index (χ4v) is 2.93. The van der Waals surface area contributed by atoms with Crippen molar-refractivity contribution in [1.82, 2.24) is 15.2 Å². The molecular formula is C16H21N3O. The van der Waals surface area contributed by atoms with Gasteiger partial charge in [-0.3, -0.25) is 4.79 Å². The Balaban J connectivity index is 1.79. The molecule has 1 aliphatic heterocycles. The monoisotopic (exact) mass is 271 g/mol. The number of para-hydroxylation sites is 1. The van der Waals surface area contributed by atoms with Crippen molar-refractivity contribution >= 4 is 16.8 Å². The Morgan fingerprint density at radius 1 is 1.25 bits per heavy atom. The summed E-state index contributed by atoms with van der Waals surface area (Å²) in [6, 6.07) is 10.3. The summed E-state index contributed by atoms with van der Waals surface area (Å²) in [4.78, 5) is 17.7. The van der Waals surface area contributed by atoms with Crippen LogP contribution in [0.2, 0.25) is 0 Å². The highest BCUT2D eigenvalue weighted by atomic mass is 16.2. The third kappa shape index (κ3) is 2.56. The lowest BCUT2D eigenvalue weighted by Gasteiger charge is -2.26. The molecule has 3 rings (SSSR count). The molecule has 1 aliphatic rings. The number of nitrogens with one attached hydrogen (secondary N) is 2. The van der Waals surface area contributed by atoms with E-state index in [1.165, 1.54) is 0 Å². The third-order valence-corrected chi connectivity index (χ3v) is 4.17. The van der Waals surface area contributed by atoms with E-state index in [9.17, 15) is 4.79 Å². The van der Waals surface area contributed by atoms with Crippen LogP contribution in [0.3, 0.4) is 0 Å². The van der Waals surface area contributed by atoms with Gasteiger partial charge in [0.1, 0.15) is 5.69 Å². The normalized spacial score (nSPS) is 19.8. The lowest BCUT2D eigenvalue weighted by molar-refractivity contribution is 0.0715. The first-order valence-electron chi connectivity index (χ1n) is 7.31. The van der Waals surface area contributed by atoms with E-state index in [-0.39, 0.29) is 5.91 Å². The summed E-state index contributed by atoms with van der Waals surface area (Å²) in [5.41, 5.74) is 1.71. The molecular weight excluding hydrogens is 250 g/mol. The van der Waals surface area contributed by atoms with Gasteiger partial charge >= 0.3 is 0 Å². The molecule has 1 aromatic heterocycles. The number of fused-ring (bicyclic) bond motifs is 1. The van der Waals surface area contributed by atoms with Crippen molar-refractivity contribution in [3.8, 4) is 0 Å².